The number of ketones is 1. The third-order valence-electron chi connectivity index (χ3n) is 3.97. The minimum Gasteiger partial charge on any atom is -0.363 e. The molecule has 0 saturated carbocycles. The maximum atomic E-state index is 12.8. The number of imidazole rings is 1. The van der Waals surface area contributed by atoms with Crippen LogP contribution in [0.3, 0.4) is 0 Å². The second-order valence-electron chi connectivity index (χ2n) is 5.85. The molecule has 3 aromatic rings. The highest BCUT2D eigenvalue weighted by atomic mass is 16.2. The van der Waals surface area contributed by atoms with E-state index in [1.54, 1.807) is 65.0 Å². The van der Waals surface area contributed by atoms with Crippen LogP contribution in [0.4, 0.5) is 0 Å². The number of pyridine rings is 1. The Morgan fingerprint density at radius 3 is 2.52 bits per heavy atom. The quantitative estimate of drug-likeness (QED) is 0.579. The largest absolute Gasteiger partial charge is 0.363 e. The first-order valence-corrected chi connectivity index (χ1v) is 8.18. The van der Waals surface area contributed by atoms with E-state index in [9.17, 15) is 14.4 Å². The summed E-state index contributed by atoms with van der Waals surface area (Å²) in [6.45, 7) is 1.81. The average molecular weight is 366 g/mol. The lowest BCUT2D eigenvalue weighted by Crippen LogP contribution is -2.48. The minimum absolute atomic E-state index is 0.0806. The van der Waals surface area contributed by atoms with Gasteiger partial charge < -0.3 is 15.6 Å². The molecule has 3 aromatic heterocycles. The van der Waals surface area contributed by atoms with E-state index in [2.05, 4.69) is 15.3 Å². The van der Waals surface area contributed by atoms with Gasteiger partial charge in [-0.25, -0.2) is 9.97 Å². The van der Waals surface area contributed by atoms with Gasteiger partial charge in [0.05, 0.1) is 6.20 Å². The summed E-state index contributed by atoms with van der Waals surface area (Å²) in [5.41, 5.74) is 5.32. The van der Waals surface area contributed by atoms with E-state index in [0.29, 0.717) is 11.6 Å². The Hall–Kier alpha value is -3.75. The zero-order chi connectivity index (χ0) is 19.4. The molecular weight excluding hydrogens is 348 g/mol. The van der Waals surface area contributed by atoms with E-state index in [0.717, 1.165) is 0 Å². The molecule has 0 radical (unpaired) electrons. The first kappa shape index (κ1) is 18.1. The summed E-state index contributed by atoms with van der Waals surface area (Å²) in [5, 5.41) is 2.58. The molecule has 0 spiro atoms. The lowest BCUT2D eigenvalue weighted by molar-refractivity contribution is -0.137. The van der Waals surface area contributed by atoms with Crippen molar-refractivity contribution in [3.05, 3.63) is 66.6 Å². The van der Waals surface area contributed by atoms with Gasteiger partial charge in [-0.05, 0) is 31.2 Å². The molecule has 0 aliphatic carbocycles. The second-order valence-corrected chi connectivity index (χ2v) is 5.85. The number of rotatable bonds is 7. The van der Waals surface area contributed by atoms with E-state index in [1.165, 1.54) is 6.20 Å². The Balaban J connectivity index is 1.88. The number of hydrogen-bond donors (Lipinski definition) is 2. The molecule has 138 valence electrons. The molecule has 3 rings (SSSR count). The first-order valence-electron chi connectivity index (χ1n) is 8.18. The number of nitrogens with two attached hydrogens (primary N) is 1. The van der Waals surface area contributed by atoms with E-state index in [-0.39, 0.29) is 12.2 Å². The first-order chi connectivity index (χ1) is 13.0. The van der Waals surface area contributed by atoms with Gasteiger partial charge in [-0.2, -0.15) is 0 Å². The number of primary amides is 1. The maximum absolute atomic E-state index is 12.8. The van der Waals surface area contributed by atoms with Gasteiger partial charge in [0.25, 0.3) is 11.8 Å². The Kier molecular flexibility index (Phi) is 5.11. The molecule has 0 aliphatic rings. The molecule has 0 aliphatic heterocycles. The van der Waals surface area contributed by atoms with Crippen molar-refractivity contribution in [2.75, 3.05) is 0 Å². The van der Waals surface area contributed by atoms with Crippen molar-refractivity contribution in [1.29, 1.82) is 0 Å². The van der Waals surface area contributed by atoms with Crippen LogP contribution in [-0.4, -0.2) is 42.7 Å². The van der Waals surface area contributed by atoms with Gasteiger partial charge in [0.1, 0.15) is 23.4 Å². The Morgan fingerprint density at radius 2 is 1.89 bits per heavy atom. The molecule has 0 aromatic carbocycles. The van der Waals surface area contributed by atoms with Gasteiger partial charge in [0.2, 0.25) is 5.78 Å². The number of nitrogens with zero attached hydrogens (tertiary/aromatic N) is 4. The molecule has 27 heavy (non-hydrogen) atoms. The normalized spacial score (nSPS) is 11.7. The summed E-state index contributed by atoms with van der Waals surface area (Å²) in [6.07, 6.45) is 6.42. The van der Waals surface area contributed by atoms with Crippen LogP contribution >= 0.6 is 0 Å². The highest BCUT2D eigenvalue weighted by Crippen LogP contribution is 2.12. The van der Waals surface area contributed by atoms with Crippen molar-refractivity contribution >= 4 is 17.6 Å². The zero-order valence-electron chi connectivity index (χ0n) is 14.6. The molecule has 0 fully saturated rings. The fraction of sp³-hybridized carbons (Fsp3) is 0.167. The van der Waals surface area contributed by atoms with Crippen LogP contribution in [0.5, 0.6) is 0 Å². The van der Waals surface area contributed by atoms with Crippen LogP contribution in [0, 0.1) is 6.92 Å². The van der Waals surface area contributed by atoms with Crippen molar-refractivity contribution < 1.29 is 14.4 Å². The average Bonchev–Trinajstić information content (AvgIpc) is 3.30. The topological polar surface area (TPSA) is 125 Å². The Bertz CT molecular complexity index is 962. The third-order valence-corrected chi connectivity index (χ3v) is 3.97. The van der Waals surface area contributed by atoms with E-state index in [1.807, 2.05) is 0 Å². The predicted octanol–water partition coefficient (Wildman–Crippen LogP) is 0.230. The maximum Gasteiger partial charge on any atom is 0.287 e. The van der Waals surface area contributed by atoms with Crippen molar-refractivity contribution in [1.82, 2.24) is 24.4 Å². The van der Waals surface area contributed by atoms with Gasteiger partial charge in [-0.1, -0.05) is 6.07 Å². The summed E-state index contributed by atoms with van der Waals surface area (Å²) in [5.74, 6) is -1.48. The standard InChI is InChI=1S/C18H18N6O3/c1-12-21-10-14(24(12)15-6-2-3-7-20-15)18(27)22-13(16(25)17(19)26)11-23-8-4-5-9-23/h2-10,13H,11H2,1H3,(H2,19,26)(H,22,27). The summed E-state index contributed by atoms with van der Waals surface area (Å²) < 4.78 is 3.24. The SMILES string of the molecule is Cc1ncc(C(=O)NC(Cn2cccc2)C(=O)C(N)=O)n1-c1ccccn1. The Morgan fingerprint density at radius 1 is 1.15 bits per heavy atom. The molecule has 1 atom stereocenters. The predicted molar refractivity (Wildman–Crippen MR) is 96.0 cm³/mol. The molecule has 3 N–H and O–H groups in total. The van der Waals surface area contributed by atoms with Gasteiger partial charge in [-0.15, -0.1) is 0 Å². The lowest BCUT2D eigenvalue weighted by Gasteiger charge is -2.17. The van der Waals surface area contributed by atoms with Gasteiger partial charge in [-0.3, -0.25) is 19.0 Å². The van der Waals surface area contributed by atoms with Crippen LogP contribution < -0.4 is 11.1 Å². The number of hydrogen-bond acceptors (Lipinski definition) is 5. The monoisotopic (exact) mass is 366 g/mol. The molecule has 0 saturated heterocycles. The molecule has 1 unspecified atom stereocenters. The number of amides is 2. The van der Waals surface area contributed by atoms with Crippen molar-refractivity contribution in [2.45, 2.75) is 19.5 Å². The number of nitrogens with one attached hydrogen (secondary N) is 1. The molecule has 3 heterocycles. The third kappa shape index (κ3) is 3.92. The summed E-state index contributed by atoms with van der Waals surface area (Å²) in [6, 6.07) is 7.72. The summed E-state index contributed by atoms with van der Waals surface area (Å²) in [7, 11) is 0. The van der Waals surface area contributed by atoms with Crippen LogP contribution in [0.1, 0.15) is 16.3 Å². The smallest absolute Gasteiger partial charge is 0.287 e. The van der Waals surface area contributed by atoms with Gasteiger partial charge in [0, 0.05) is 25.1 Å². The summed E-state index contributed by atoms with van der Waals surface area (Å²) in [4.78, 5) is 44.7. The Labute approximate surface area is 154 Å². The van der Waals surface area contributed by atoms with Crippen LogP contribution in [-0.2, 0) is 16.1 Å². The number of aryl methyl sites for hydroxylation is 1. The van der Waals surface area contributed by atoms with Gasteiger partial charge >= 0.3 is 0 Å². The van der Waals surface area contributed by atoms with E-state index >= 15 is 0 Å². The minimum atomic E-state index is -1.11. The molecule has 9 nitrogen and oxygen atoms in total. The van der Waals surface area contributed by atoms with Crippen molar-refractivity contribution in [3.63, 3.8) is 0 Å². The van der Waals surface area contributed by atoms with Crippen LogP contribution in [0.15, 0.2) is 55.1 Å². The highest BCUT2D eigenvalue weighted by molar-refractivity contribution is 6.37. The number of carbonyl (C=O) groups is 3. The lowest BCUT2D eigenvalue weighted by atomic mass is 10.1. The van der Waals surface area contributed by atoms with Gasteiger partial charge in [0.15, 0.2) is 0 Å². The zero-order valence-corrected chi connectivity index (χ0v) is 14.6. The number of Topliss-reactive ketones (excluding diaryl/α,β-unsaturated/α-hetero) is 1. The van der Waals surface area contributed by atoms with E-state index < -0.39 is 23.6 Å². The molecule has 9 heteroatoms. The fourth-order valence-corrected chi connectivity index (χ4v) is 2.68. The molecule has 2 amide bonds. The van der Waals surface area contributed by atoms with Crippen LogP contribution in [0.2, 0.25) is 0 Å². The highest BCUT2D eigenvalue weighted by Gasteiger charge is 2.27. The molecule has 0 bridgehead atoms. The number of carbonyl (C=O) groups excluding carboxylic acids is 3. The number of aromatic nitrogens is 4. The van der Waals surface area contributed by atoms with Crippen LogP contribution in [0.25, 0.3) is 5.82 Å². The van der Waals surface area contributed by atoms with Crippen molar-refractivity contribution in [3.8, 4) is 5.82 Å². The van der Waals surface area contributed by atoms with Crippen molar-refractivity contribution in [2.24, 2.45) is 5.73 Å². The molecular formula is C18H18N6O3. The fourth-order valence-electron chi connectivity index (χ4n) is 2.68. The second kappa shape index (κ2) is 7.65. The van der Waals surface area contributed by atoms with E-state index in [4.69, 9.17) is 5.73 Å². The summed E-state index contributed by atoms with van der Waals surface area (Å²) >= 11 is 0.